The highest BCUT2D eigenvalue weighted by Gasteiger charge is 2.34. The van der Waals surface area contributed by atoms with Gasteiger partial charge in [0.05, 0.1) is 0 Å². The summed E-state index contributed by atoms with van der Waals surface area (Å²) in [7, 11) is 0. The standard InChI is InChI=1S/C7H10N4O3/c1-4(12)11-7(2,3-8)5(13)10-6(9)14/h1-2H3,(H,11,12)(H3,9,10,13,14). The van der Waals surface area contributed by atoms with Gasteiger partial charge in [-0.3, -0.25) is 14.9 Å². The lowest BCUT2D eigenvalue weighted by atomic mass is 10.0. The molecule has 14 heavy (non-hydrogen) atoms. The molecule has 0 saturated heterocycles. The lowest BCUT2D eigenvalue weighted by Crippen LogP contribution is -2.57. The van der Waals surface area contributed by atoms with E-state index in [1.807, 2.05) is 0 Å². The second-order valence-electron chi connectivity index (χ2n) is 2.74. The first-order chi connectivity index (χ1) is 6.31. The van der Waals surface area contributed by atoms with E-state index in [1.165, 1.54) is 0 Å². The molecule has 0 spiro atoms. The summed E-state index contributed by atoms with van der Waals surface area (Å²) in [6, 6.07) is 0.482. The molecule has 7 heteroatoms. The molecule has 0 aromatic carbocycles. The van der Waals surface area contributed by atoms with Crippen molar-refractivity contribution >= 4 is 17.8 Å². The fraction of sp³-hybridized carbons (Fsp3) is 0.429. The molecule has 1 atom stereocenters. The van der Waals surface area contributed by atoms with E-state index in [0.717, 1.165) is 13.8 Å². The third kappa shape index (κ3) is 3.10. The van der Waals surface area contributed by atoms with Crippen molar-refractivity contribution in [2.75, 3.05) is 0 Å². The lowest BCUT2D eigenvalue weighted by Gasteiger charge is -2.19. The zero-order valence-corrected chi connectivity index (χ0v) is 7.75. The van der Waals surface area contributed by atoms with Crippen molar-refractivity contribution in [1.29, 1.82) is 5.26 Å². The van der Waals surface area contributed by atoms with Gasteiger partial charge in [0, 0.05) is 6.92 Å². The fourth-order valence-corrected chi connectivity index (χ4v) is 0.724. The summed E-state index contributed by atoms with van der Waals surface area (Å²) in [6.45, 7) is 2.31. The third-order valence-corrected chi connectivity index (χ3v) is 1.34. The predicted octanol–water partition coefficient (Wildman–Crippen LogP) is -1.40. The van der Waals surface area contributed by atoms with Crippen LogP contribution in [-0.2, 0) is 9.59 Å². The smallest absolute Gasteiger partial charge is 0.318 e. The Hall–Kier alpha value is -2.10. The molecule has 0 aliphatic carbocycles. The summed E-state index contributed by atoms with van der Waals surface area (Å²) < 4.78 is 0. The Morgan fingerprint density at radius 3 is 2.21 bits per heavy atom. The second-order valence-corrected chi connectivity index (χ2v) is 2.74. The maximum Gasteiger partial charge on any atom is 0.318 e. The van der Waals surface area contributed by atoms with Crippen LogP contribution in [-0.4, -0.2) is 23.4 Å². The number of nitrogens with two attached hydrogens (primary N) is 1. The van der Waals surface area contributed by atoms with Gasteiger partial charge in [0.2, 0.25) is 11.4 Å². The number of primary amides is 1. The minimum Gasteiger partial charge on any atom is -0.351 e. The van der Waals surface area contributed by atoms with Gasteiger partial charge in [0.15, 0.2) is 0 Å². The first kappa shape index (κ1) is 11.9. The van der Waals surface area contributed by atoms with Gasteiger partial charge < -0.3 is 11.1 Å². The van der Waals surface area contributed by atoms with E-state index in [2.05, 4.69) is 11.1 Å². The fourth-order valence-electron chi connectivity index (χ4n) is 0.724. The zero-order valence-electron chi connectivity index (χ0n) is 7.75. The molecule has 0 fully saturated rings. The molecule has 0 aromatic rings. The number of hydrogen-bond donors (Lipinski definition) is 3. The Labute approximate surface area is 80.2 Å². The summed E-state index contributed by atoms with van der Waals surface area (Å²) in [6.07, 6.45) is 0. The Bertz CT molecular complexity index is 319. The second kappa shape index (κ2) is 4.23. The van der Waals surface area contributed by atoms with Crippen LogP contribution in [0.15, 0.2) is 0 Å². The molecular formula is C7H10N4O3. The lowest BCUT2D eigenvalue weighted by molar-refractivity contribution is -0.129. The van der Waals surface area contributed by atoms with Gasteiger partial charge in [0.1, 0.15) is 6.07 Å². The maximum atomic E-state index is 11.2. The molecule has 0 aromatic heterocycles. The van der Waals surface area contributed by atoms with E-state index < -0.39 is 23.4 Å². The number of carbonyl (C=O) groups excluding carboxylic acids is 3. The Morgan fingerprint density at radius 1 is 1.43 bits per heavy atom. The van der Waals surface area contributed by atoms with Crippen LogP contribution in [0.1, 0.15) is 13.8 Å². The summed E-state index contributed by atoms with van der Waals surface area (Å²) in [5.74, 6) is -1.53. The number of nitrogens with zero attached hydrogens (tertiary/aromatic N) is 1. The molecule has 0 rings (SSSR count). The molecule has 0 bridgehead atoms. The molecule has 7 nitrogen and oxygen atoms in total. The average molecular weight is 198 g/mol. The SMILES string of the molecule is CC(=O)NC(C)(C#N)C(=O)NC(N)=O. The van der Waals surface area contributed by atoms with Crippen LogP contribution in [0.3, 0.4) is 0 Å². The number of nitriles is 1. The van der Waals surface area contributed by atoms with Crippen LogP contribution >= 0.6 is 0 Å². The van der Waals surface area contributed by atoms with Crippen molar-refractivity contribution in [2.45, 2.75) is 19.4 Å². The molecule has 0 heterocycles. The van der Waals surface area contributed by atoms with E-state index in [9.17, 15) is 14.4 Å². The number of urea groups is 1. The quantitative estimate of drug-likeness (QED) is 0.504. The van der Waals surface area contributed by atoms with Crippen molar-refractivity contribution in [3.05, 3.63) is 0 Å². The molecule has 0 aliphatic heterocycles. The number of carbonyl (C=O) groups is 3. The number of nitrogens with one attached hydrogen (secondary N) is 2. The highest BCUT2D eigenvalue weighted by Crippen LogP contribution is 2.01. The van der Waals surface area contributed by atoms with Crippen molar-refractivity contribution in [2.24, 2.45) is 5.73 Å². The molecule has 4 N–H and O–H groups in total. The van der Waals surface area contributed by atoms with Crippen molar-refractivity contribution in [3.63, 3.8) is 0 Å². The van der Waals surface area contributed by atoms with E-state index in [0.29, 0.717) is 0 Å². The van der Waals surface area contributed by atoms with Crippen LogP contribution in [0.2, 0.25) is 0 Å². The molecular weight excluding hydrogens is 188 g/mol. The highest BCUT2D eigenvalue weighted by molar-refractivity contribution is 6.02. The summed E-state index contributed by atoms with van der Waals surface area (Å²) in [5, 5.41) is 12.4. The number of imide groups is 1. The van der Waals surface area contributed by atoms with E-state index in [1.54, 1.807) is 11.4 Å². The Morgan fingerprint density at radius 2 is 1.93 bits per heavy atom. The summed E-state index contributed by atoms with van der Waals surface area (Å²) in [4.78, 5) is 32.2. The van der Waals surface area contributed by atoms with Gasteiger partial charge in [-0.2, -0.15) is 5.26 Å². The van der Waals surface area contributed by atoms with Gasteiger partial charge in [-0.25, -0.2) is 4.79 Å². The molecule has 76 valence electrons. The third-order valence-electron chi connectivity index (χ3n) is 1.34. The summed E-state index contributed by atoms with van der Waals surface area (Å²) in [5.41, 5.74) is 2.89. The number of rotatable bonds is 2. The zero-order chi connectivity index (χ0) is 11.4. The molecule has 0 aliphatic rings. The topological polar surface area (TPSA) is 125 Å². The minimum absolute atomic E-state index is 0.561. The molecule has 0 radical (unpaired) electrons. The largest absolute Gasteiger partial charge is 0.351 e. The molecule has 1 unspecified atom stereocenters. The van der Waals surface area contributed by atoms with Crippen LogP contribution in [0.5, 0.6) is 0 Å². The van der Waals surface area contributed by atoms with Gasteiger partial charge in [-0.1, -0.05) is 0 Å². The predicted molar refractivity (Wildman–Crippen MR) is 45.6 cm³/mol. The van der Waals surface area contributed by atoms with Crippen LogP contribution in [0, 0.1) is 11.3 Å². The highest BCUT2D eigenvalue weighted by atomic mass is 16.2. The first-order valence-electron chi connectivity index (χ1n) is 3.62. The maximum absolute atomic E-state index is 11.2. The molecule has 4 amide bonds. The van der Waals surface area contributed by atoms with Gasteiger partial charge in [-0.15, -0.1) is 0 Å². The van der Waals surface area contributed by atoms with Crippen LogP contribution < -0.4 is 16.4 Å². The van der Waals surface area contributed by atoms with Gasteiger partial charge >= 0.3 is 6.03 Å². The van der Waals surface area contributed by atoms with E-state index in [4.69, 9.17) is 5.26 Å². The van der Waals surface area contributed by atoms with Crippen molar-refractivity contribution < 1.29 is 14.4 Å². The van der Waals surface area contributed by atoms with Gasteiger partial charge in [0.25, 0.3) is 5.91 Å². The van der Waals surface area contributed by atoms with Crippen molar-refractivity contribution in [3.8, 4) is 6.07 Å². The number of hydrogen-bond acceptors (Lipinski definition) is 4. The first-order valence-corrected chi connectivity index (χ1v) is 3.62. The normalized spacial score (nSPS) is 13.2. The average Bonchev–Trinajstić information content (AvgIpc) is 2.01. The number of amides is 4. The summed E-state index contributed by atoms with van der Waals surface area (Å²) >= 11 is 0. The van der Waals surface area contributed by atoms with Crippen molar-refractivity contribution in [1.82, 2.24) is 10.6 Å². The van der Waals surface area contributed by atoms with Crippen LogP contribution in [0.4, 0.5) is 4.79 Å². The van der Waals surface area contributed by atoms with Gasteiger partial charge in [-0.05, 0) is 6.92 Å². The minimum atomic E-state index is -1.79. The molecule has 0 saturated carbocycles. The Kier molecular flexibility index (Phi) is 3.59. The Balaban J connectivity index is 4.70. The van der Waals surface area contributed by atoms with E-state index >= 15 is 0 Å². The van der Waals surface area contributed by atoms with E-state index in [-0.39, 0.29) is 0 Å². The monoisotopic (exact) mass is 198 g/mol. The van der Waals surface area contributed by atoms with Crippen LogP contribution in [0.25, 0.3) is 0 Å².